The lowest BCUT2D eigenvalue weighted by Crippen LogP contribution is -2.45. The van der Waals surface area contributed by atoms with Crippen LogP contribution in [-0.2, 0) is 22.7 Å². The highest BCUT2D eigenvalue weighted by Gasteiger charge is 2.40. The van der Waals surface area contributed by atoms with E-state index in [1.54, 1.807) is 18.0 Å². The molecular formula is C30H37N5O5. The molecular weight excluding hydrogens is 510 g/mol. The van der Waals surface area contributed by atoms with Crippen LogP contribution in [-0.4, -0.2) is 76.6 Å². The van der Waals surface area contributed by atoms with Crippen LogP contribution in [0.2, 0.25) is 0 Å². The second-order valence-corrected chi connectivity index (χ2v) is 10.4. The number of carbonyl (C=O) groups excluding carboxylic acids is 2. The van der Waals surface area contributed by atoms with Crippen LogP contribution in [0.25, 0.3) is 0 Å². The zero-order valence-electron chi connectivity index (χ0n) is 23.2. The second kappa shape index (κ2) is 13.0. The number of aromatic nitrogens is 3. The highest BCUT2D eigenvalue weighted by Crippen LogP contribution is 2.33. The monoisotopic (exact) mass is 547 g/mol. The van der Waals surface area contributed by atoms with Crippen LogP contribution in [0.4, 0.5) is 0 Å². The zero-order chi connectivity index (χ0) is 27.9. The smallest absolute Gasteiger partial charge is 0.360 e. The van der Waals surface area contributed by atoms with Crippen molar-refractivity contribution in [3.05, 3.63) is 71.5 Å². The molecule has 2 aliphatic rings. The number of likely N-dealkylation sites (tertiary alicyclic amines) is 2. The Balaban J connectivity index is 1.34. The molecule has 0 spiro atoms. The maximum atomic E-state index is 13.8. The molecule has 3 heterocycles. The van der Waals surface area contributed by atoms with Crippen LogP contribution < -0.4 is 9.47 Å². The molecule has 10 heteroatoms. The summed E-state index contributed by atoms with van der Waals surface area (Å²) in [6.45, 7) is 3.20. The fraction of sp³-hybridized carbons (Fsp3) is 0.467. The van der Waals surface area contributed by atoms with Gasteiger partial charge in [0, 0.05) is 26.2 Å². The van der Waals surface area contributed by atoms with Crippen molar-refractivity contribution >= 4 is 11.9 Å². The number of nitrogens with zero attached hydrogens (tertiary/aromatic N) is 5. The van der Waals surface area contributed by atoms with Gasteiger partial charge >= 0.3 is 5.97 Å². The van der Waals surface area contributed by atoms with Crippen LogP contribution in [0.1, 0.15) is 59.8 Å². The third kappa shape index (κ3) is 6.44. The predicted molar refractivity (Wildman–Crippen MR) is 148 cm³/mol. The summed E-state index contributed by atoms with van der Waals surface area (Å²) >= 11 is 0. The molecule has 0 N–H and O–H groups in total. The van der Waals surface area contributed by atoms with Crippen molar-refractivity contribution in [2.45, 2.75) is 57.3 Å². The normalized spacial score (nSPS) is 19.7. The number of methoxy groups -OCH3 is 2. The van der Waals surface area contributed by atoms with Crippen molar-refractivity contribution < 1.29 is 23.8 Å². The molecule has 0 saturated carbocycles. The van der Waals surface area contributed by atoms with Gasteiger partial charge in [0.05, 0.1) is 32.5 Å². The number of rotatable bonds is 9. The van der Waals surface area contributed by atoms with Gasteiger partial charge in [-0.05, 0) is 42.5 Å². The van der Waals surface area contributed by atoms with Crippen LogP contribution >= 0.6 is 0 Å². The maximum absolute atomic E-state index is 13.8. The number of benzene rings is 2. The van der Waals surface area contributed by atoms with Gasteiger partial charge < -0.3 is 19.1 Å². The minimum atomic E-state index is -0.528. The number of esters is 1. The summed E-state index contributed by atoms with van der Waals surface area (Å²) in [5.74, 6) is 0.954. The molecule has 0 bridgehead atoms. The Hall–Kier alpha value is -3.92. The Kier molecular flexibility index (Phi) is 8.95. The minimum Gasteiger partial charge on any atom is -0.493 e. The third-order valence-corrected chi connectivity index (χ3v) is 7.71. The minimum absolute atomic E-state index is 0.0952. The molecule has 1 amide bonds. The molecule has 40 heavy (non-hydrogen) atoms. The van der Waals surface area contributed by atoms with Crippen molar-refractivity contribution in [1.29, 1.82) is 0 Å². The van der Waals surface area contributed by atoms with E-state index >= 15 is 0 Å². The van der Waals surface area contributed by atoms with E-state index in [2.05, 4.69) is 15.2 Å². The molecule has 2 aromatic carbocycles. The van der Waals surface area contributed by atoms with Crippen molar-refractivity contribution in [2.24, 2.45) is 0 Å². The van der Waals surface area contributed by atoms with Gasteiger partial charge in [-0.25, -0.2) is 9.48 Å². The van der Waals surface area contributed by atoms with Crippen molar-refractivity contribution in [3.63, 3.8) is 0 Å². The fourth-order valence-corrected chi connectivity index (χ4v) is 5.56. The average molecular weight is 548 g/mol. The van der Waals surface area contributed by atoms with Crippen LogP contribution in [0.15, 0.2) is 54.7 Å². The molecule has 10 nitrogen and oxygen atoms in total. The Morgan fingerprint density at radius 2 is 1.73 bits per heavy atom. The quantitative estimate of drug-likeness (QED) is 0.373. The predicted octanol–water partition coefficient (Wildman–Crippen LogP) is 3.87. The Labute approximate surface area is 234 Å². The third-order valence-electron chi connectivity index (χ3n) is 7.71. The molecule has 2 aliphatic heterocycles. The van der Waals surface area contributed by atoms with Crippen LogP contribution in [0.3, 0.4) is 0 Å². The van der Waals surface area contributed by atoms with Crippen molar-refractivity contribution in [3.8, 4) is 11.5 Å². The summed E-state index contributed by atoms with van der Waals surface area (Å²) in [5.41, 5.74) is 2.26. The maximum Gasteiger partial charge on any atom is 0.360 e. The van der Waals surface area contributed by atoms with Gasteiger partial charge in [-0.1, -0.05) is 54.5 Å². The molecule has 2 atom stereocenters. The Bertz CT molecular complexity index is 1290. The molecule has 0 radical (unpaired) electrons. The van der Waals surface area contributed by atoms with Crippen LogP contribution in [0, 0.1) is 0 Å². The molecule has 5 rings (SSSR count). The first kappa shape index (κ1) is 27.6. The Morgan fingerprint density at radius 3 is 2.45 bits per heavy atom. The van der Waals surface area contributed by atoms with Gasteiger partial charge in [-0.2, -0.15) is 0 Å². The van der Waals surface area contributed by atoms with E-state index < -0.39 is 5.97 Å². The second-order valence-electron chi connectivity index (χ2n) is 10.4. The number of hydrogen-bond donors (Lipinski definition) is 0. The fourth-order valence-electron chi connectivity index (χ4n) is 5.56. The van der Waals surface area contributed by atoms with Gasteiger partial charge in [0.2, 0.25) is 5.91 Å². The first-order valence-corrected chi connectivity index (χ1v) is 13.9. The highest BCUT2D eigenvalue weighted by atomic mass is 16.5. The van der Waals surface area contributed by atoms with Crippen molar-refractivity contribution in [1.82, 2.24) is 24.8 Å². The zero-order valence-corrected chi connectivity index (χ0v) is 23.2. The van der Waals surface area contributed by atoms with Crippen LogP contribution in [0.5, 0.6) is 11.5 Å². The van der Waals surface area contributed by atoms with E-state index in [0.717, 1.165) is 49.9 Å². The van der Waals surface area contributed by atoms with E-state index in [1.165, 1.54) is 7.11 Å². The number of amides is 1. The van der Waals surface area contributed by atoms with E-state index in [9.17, 15) is 9.59 Å². The Morgan fingerprint density at radius 1 is 0.950 bits per heavy atom. The summed E-state index contributed by atoms with van der Waals surface area (Å²) < 4.78 is 18.2. The summed E-state index contributed by atoms with van der Waals surface area (Å²) in [4.78, 5) is 30.0. The molecule has 2 fully saturated rings. The molecule has 0 unspecified atom stereocenters. The lowest BCUT2D eigenvalue weighted by atomic mass is 10.1. The first-order chi connectivity index (χ1) is 19.6. The standard InChI is InChI=1S/C30H37N5O5/c1-38-28-16-23(12-13-27(28)40-21-22-10-6-5-7-11-22)18-34-19-24(35-20-25(31-32-35)30(37)39-2)17-26(34)29(36)33-14-8-3-4-9-15-33/h5-7,10-13,16,20,24,26H,3-4,8-9,14-15,17-19,21H2,1-2H3/t24-,26+/m1/s1. The first-order valence-electron chi connectivity index (χ1n) is 13.9. The summed E-state index contributed by atoms with van der Waals surface area (Å²) in [6.07, 6.45) is 6.59. The number of carbonyl (C=O) groups is 2. The average Bonchev–Trinajstić information content (AvgIpc) is 3.56. The summed E-state index contributed by atoms with van der Waals surface area (Å²) in [7, 11) is 2.95. The lowest BCUT2D eigenvalue weighted by molar-refractivity contribution is -0.136. The van der Waals surface area contributed by atoms with Gasteiger partial charge in [0.1, 0.15) is 6.61 Å². The largest absolute Gasteiger partial charge is 0.493 e. The molecule has 3 aromatic rings. The summed E-state index contributed by atoms with van der Waals surface area (Å²) in [5, 5.41) is 8.17. The van der Waals surface area contributed by atoms with E-state index in [1.807, 2.05) is 53.4 Å². The van der Waals surface area contributed by atoms with Gasteiger partial charge in [-0.3, -0.25) is 9.69 Å². The highest BCUT2D eigenvalue weighted by molar-refractivity contribution is 5.86. The SMILES string of the molecule is COC(=O)c1cn([C@@H]2C[C@@H](C(=O)N3CCCCCC3)N(Cc3ccc(OCc4ccccc4)c(OC)c3)C2)nn1. The van der Waals surface area contributed by atoms with Gasteiger partial charge in [0.15, 0.2) is 17.2 Å². The summed E-state index contributed by atoms with van der Waals surface area (Å²) in [6, 6.07) is 15.5. The number of hydrogen-bond acceptors (Lipinski definition) is 8. The molecule has 2 saturated heterocycles. The molecule has 0 aliphatic carbocycles. The van der Waals surface area contributed by atoms with Gasteiger partial charge in [0.25, 0.3) is 0 Å². The number of ether oxygens (including phenoxy) is 3. The van der Waals surface area contributed by atoms with Crippen molar-refractivity contribution in [2.75, 3.05) is 33.9 Å². The van der Waals surface area contributed by atoms with Gasteiger partial charge in [-0.15, -0.1) is 5.10 Å². The van der Waals surface area contributed by atoms with E-state index in [-0.39, 0.29) is 23.7 Å². The molecule has 1 aromatic heterocycles. The lowest BCUT2D eigenvalue weighted by Gasteiger charge is -2.29. The topological polar surface area (TPSA) is 99.0 Å². The van der Waals surface area contributed by atoms with E-state index in [0.29, 0.717) is 37.6 Å². The molecule has 212 valence electrons. The van der Waals surface area contributed by atoms with E-state index in [4.69, 9.17) is 14.2 Å².